The average Bonchev–Trinajstić information content (AvgIpc) is 3.21. The van der Waals surface area contributed by atoms with Gasteiger partial charge in [-0.1, -0.05) is 12.1 Å². The minimum Gasteiger partial charge on any atom is -0.432 e. The second-order valence-corrected chi connectivity index (χ2v) is 7.11. The molecule has 1 unspecified atom stereocenters. The molecule has 7 nitrogen and oxygen atoms in total. The third kappa shape index (κ3) is 3.62. The first-order valence-electron chi connectivity index (χ1n) is 8.94. The molecule has 2 aromatic rings. The Hall–Kier alpha value is -2.67. The minimum absolute atomic E-state index is 0.0675. The fourth-order valence-electron chi connectivity index (χ4n) is 3.88. The van der Waals surface area contributed by atoms with Gasteiger partial charge in [-0.05, 0) is 37.4 Å². The third-order valence-corrected chi connectivity index (χ3v) is 4.97. The van der Waals surface area contributed by atoms with Gasteiger partial charge in [0.05, 0.1) is 6.20 Å². The molecule has 0 aliphatic carbocycles. The van der Waals surface area contributed by atoms with Crippen molar-refractivity contribution in [2.75, 3.05) is 25.0 Å². The summed E-state index contributed by atoms with van der Waals surface area (Å²) in [5.74, 6) is 0.831. The number of amides is 2. The second-order valence-electron chi connectivity index (χ2n) is 7.11. The molecule has 7 heteroatoms. The number of hydrogen-bond donors (Lipinski definition) is 2. The maximum atomic E-state index is 12.5. The lowest BCUT2D eigenvalue weighted by molar-refractivity contribution is -0.114. The summed E-state index contributed by atoms with van der Waals surface area (Å²) in [6.07, 6.45) is 3.78. The van der Waals surface area contributed by atoms with E-state index in [-0.39, 0.29) is 23.7 Å². The van der Waals surface area contributed by atoms with Gasteiger partial charge in [0.1, 0.15) is 0 Å². The highest BCUT2D eigenvalue weighted by Gasteiger charge is 2.33. The number of hydrogen-bond acceptors (Lipinski definition) is 5. The zero-order valence-electron chi connectivity index (χ0n) is 14.7. The van der Waals surface area contributed by atoms with Crippen molar-refractivity contribution in [3.05, 3.63) is 36.4 Å². The number of nitrogens with zero attached hydrogens (tertiary/aromatic N) is 2. The number of carbonyl (C=O) groups is 2. The van der Waals surface area contributed by atoms with E-state index in [0.29, 0.717) is 17.4 Å². The molecule has 2 bridgehead atoms. The Bertz CT molecular complexity index is 820. The number of carbonyl (C=O) groups excluding carboxylic acids is 2. The Morgan fingerprint density at radius 3 is 3.00 bits per heavy atom. The molecule has 0 spiro atoms. The summed E-state index contributed by atoms with van der Waals surface area (Å²) in [7, 11) is 0. The van der Waals surface area contributed by atoms with Crippen LogP contribution in [0.5, 0.6) is 0 Å². The molecule has 2 fully saturated rings. The Morgan fingerprint density at radius 2 is 2.19 bits per heavy atom. The molecule has 2 aliphatic rings. The Balaban J connectivity index is 1.44. The fourth-order valence-corrected chi connectivity index (χ4v) is 3.88. The third-order valence-electron chi connectivity index (χ3n) is 4.97. The predicted molar refractivity (Wildman–Crippen MR) is 96.7 cm³/mol. The van der Waals surface area contributed by atoms with Gasteiger partial charge in [0.15, 0.2) is 5.76 Å². The number of benzene rings is 1. The highest BCUT2D eigenvalue weighted by molar-refractivity contribution is 5.91. The van der Waals surface area contributed by atoms with E-state index in [4.69, 9.17) is 4.42 Å². The largest absolute Gasteiger partial charge is 0.432 e. The van der Waals surface area contributed by atoms with E-state index in [9.17, 15) is 9.59 Å². The van der Waals surface area contributed by atoms with E-state index >= 15 is 0 Å². The van der Waals surface area contributed by atoms with E-state index in [1.54, 1.807) is 12.1 Å². The van der Waals surface area contributed by atoms with Crippen LogP contribution >= 0.6 is 0 Å². The molecule has 3 atom stereocenters. The predicted octanol–water partition coefficient (Wildman–Crippen LogP) is 2.12. The van der Waals surface area contributed by atoms with Gasteiger partial charge in [-0.3, -0.25) is 9.59 Å². The molecule has 0 radical (unpaired) electrons. The van der Waals surface area contributed by atoms with E-state index in [0.717, 1.165) is 31.6 Å². The van der Waals surface area contributed by atoms with Crippen molar-refractivity contribution < 1.29 is 14.0 Å². The standard InChI is InChI=1S/C19H22N4O3/c1-12(24)21-15-4-2-3-14(8-15)17-9-20-19(26-17)18(25)22-16-7-13-5-6-23(10-13)11-16/h2-4,8-9,13,16H,5-7,10-11H2,1H3,(H,21,24)(H,22,25)/t13-,16-/m1/s1. The van der Waals surface area contributed by atoms with Gasteiger partial charge in [-0.15, -0.1) is 0 Å². The molecule has 0 saturated carbocycles. The minimum atomic E-state index is -0.276. The van der Waals surface area contributed by atoms with Crippen LogP contribution in [0.25, 0.3) is 11.3 Å². The molecule has 2 saturated heterocycles. The highest BCUT2D eigenvalue weighted by atomic mass is 16.4. The molecule has 1 aromatic carbocycles. The summed E-state index contributed by atoms with van der Waals surface area (Å²) in [5.41, 5.74) is 1.42. The first-order valence-corrected chi connectivity index (χ1v) is 8.94. The normalized spacial score (nSPS) is 24.3. The SMILES string of the molecule is CC(=O)Nc1cccc(-c2cnc(C(=O)N[C@@H]3C[C@H]4CCN(C4)C3)o2)c1. The maximum Gasteiger partial charge on any atom is 0.307 e. The molecular weight excluding hydrogens is 332 g/mol. The molecule has 26 heavy (non-hydrogen) atoms. The molecular formula is C19H22N4O3. The quantitative estimate of drug-likeness (QED) is 0.878. The summed E-state index contributed by atoms with van der Waals surface area (Å²) >= 11 is 0. The summed E-state index contributed by atoms with van der Waals surface area (Å²) < 4.78 is 5.65. The first-order chi connectivity index (χ1) is 12.6. The average molecular weight is 354 g/mol. The number of nitrogens with one attached hydrogen (secondary N) is 2. The van der Waals surface area contributed by atoms with Crippen molar-refractivity contribution in [3.63, 3.8) is 0 Å². The molecule has 2 amide bonds. The number of oxazole rings is 1. The number of anilines is 1. The number of rotatable bonds is 4. The Kier molecular flexibility index (Phi) is 4.46. The van der Waals surface area contributed by atoms with Crippen molar-refractivity contribution in [2.45, 2.75) is 25.8 Å². The van der Waals surface area contributed by atoms with E-state index in [2.05, 4.69) is 20.5 Å². The van der Waals surface area contributed by atoms with Crippen LogP contribution in [0.15, 0.2) is 34.9 Å². The lowest BCUT2D eigenvalue weighted by atomic mass is 9.97. The van der Waals surface area contributed by atoms with Crippen LogP contribution in [-0.4, -0.2) is 47.4 Å². The fraction of sp³-hybridized carbons (Fsp3) is 0.421. The Labute approximate surface area is 151 Å². The van der Waals surface area contributed by atoms with Crippen LogP contribution in [0.4, 0.5) is 5.69 Å². The zero-order valence-corrected chi connectivity index (χ0v) is 14.7. The van der Waals surface area contributed by atoms with Crippen LogP contribution in [0.3, 0.4) is 0 Å². The van der Waals surface area contributed by atoms with Crippen molar-refractivity contribution in [1.29, 1.82) is 0 Å². The van der Waals surface area contributed by atoms with Crippen LogP contribution < -0.4 is 10.6 Å². The van der Waals surface area contributed by atoms with Crippen molar-refractivity contribution in [3.8, 4) is 11.3 Å². The monoisotopic (exact) mass is 354 g/mol. The molecule has 3 heterocycles. The van der Waals surface area contributed by atoms with E-state index in [1.165, 1.54) is 19.5 Å². The Morgan fingerprint density at radius 1 is 1.31 bits per heavy atom. The molecule has 4 rings (SSSR count). The van der Waals surface area contributed by atoms with Gasteiger partial charge >= 0.3 is 5.91 Å². The van der Waals surface area contributed by atoms with Gasteiger partial charge < -0.3 is 20.0 Å². The lowest BCUT2D eigenvalue weighted by Gasteiger charge is -2.30. The van der Waals surface area contributed by atoms with Crippen molar-refractivity contribution in [2.24, 2.45) is 5.92 Å². The molecule has 136 valence electrons. The van der Waals surface area contributed by atoms with Gasteiger partial charge in [-0.2, -0.15) is 0 Å². The van der Waals surface area contributed by atoms with E-state index < -0.39 is 0 Å². The lowest BCUT2D eigenvalue weighted by Crippen LogP contribution is -2.47. The van der Waals surface area contributed by atoms with Gasteiger partial charge in [0.25, 0.3) is 5.89 Å². The van der Waals surface area contributed by atoms with Crippen LogP contribution in [-0.2, 0) is 4.79 Å². The topological polar surface area (TPSA) is 87.5 Å². The molecule has 2 aliphatic heterocycles. The van der Waals surface area contributed by atoms with Crippen molar-refractivity contribution >= 4 is 17.5 Å². The van der Waals surface area contributed by atoms with Gasteiger partial charge in [0.2, 0.25) is 5.91 Å². The van der Waals surface area contributed by atoms with Crippen molar-refractivity contribution in [1.82, 2.24) is 15.2 Å². The smallest absolute Gasteiger partial charge is 0.307 e. The first kappa shape index (κ1) is 16.8. The van der Waals surface area contributed by atoms with E-state index in [1.807, 2.05) is 12.1 Å². The number of piperidine rings is 1. The van der Waals surface area contributed by atoms with Gasteiger partial charge in [-0.25, -0.2) is 4.98 Å². The molecule has 1 aromatic heterocycles. The van der Waals surface area contributed by atoms with Crippen LogP contribution in [0.1, 0.15) is 30.5 Å². The summed E-state index contributed by atoms with van der Waals surface area (Å²) in [6, 6.07) is 7.40. The highest BCUT2D eigenvalue weighted by Crippen LogP contribution is 2.27. The van der Waals surface area contributed by atoms with Crippen LogP contribution in [0.2, 0.25) is 0 Å². The van der Waals surface area contributed by atoms with Gasteiger partial charge in [0, 0.05) is 37.3 Å². The number of aromatic nitrogens is 1. The second kappa shape index (κ2) is 6.92. The maximum absolute atomic E-state index is 12.5. The summed E-state index contributed by atoms with van der Waals surface area (Å²) in [5, 5.41) is 5.77. The summed E-state index contributed by atoms with van der Waals surface area (Å²) in [4.78, 5) is 30.2. The van der Waals surface area contributed by atoms with Crippen LogP contribution in [0, 0.1) is 5.92 Å². The summed E-state index contributed by atoms with van der Waals surface area (Å²) in [6.45, 7) is 4.64. The zero-order chi connectivity index (χ0) is 18.1. The molecule has 2 N–H and O–H groups in total. The number of fused-ring (bicyclic) bond motifs is 2.